The van der Waals surface area contributed by atoms with Crippen LogP contribution in [0.2, 0.25) is 0 Å². The van der Waals surface area contributed by atoms with E-state index in [-0.39, 0.29) is 30.5 Å². The number of methoxy groups -OCH3 is 1. The fraction of sp³-hybridized carbons (Fsp3) is 0.944. The Hall–Kier alpha value is -1.14. The molecule has 0 amide bonds. The maximum atomic E-state index is 14.3. The Kier molecular flexibility index (Phi) is 13.0. The van der Waals surface area contributed by atoms with Gasteiger partial charge in [-0.05, 0) is 121 Å². The third-order valence-electron chi connectivity index (χ3n) is 11.7. The second-order valence-electron chi connectivity index (χ2n) is 16.6. The van der Waals surface area contributed by atoms with Crippen LogP contribution in [0.3, 0.4) is 0 Å². The quantitative estimate of drug-likeness (QED) is 0.303. The first-order chi connectivity index (χ1) is 21.2. The van der Waals surface area contributed by atoms with Crippen molar-refractivity contribution in [2.24, 2.45) is 23.2 Å². The Bertz CT molecular complexity index is 1030. The van der Waals surface area contributed by atoms with Crippen LogP contribution in [0.4, 0.5) is 0 Å². The van der Waals surface area contributed by atoms with Crippen LogP contribution in [0.25, 0.3) is 0 Å². The summed E-state index contributed by atoms with van der Waals surface area (Å²) in [5.41, 5.74) is -2.73. The number of cyclic esters (lactones) is 1. The van der Waals surface area contributed by atoms with Gasteiger partial charge in [-0.2, -0.15) is 0 Å². The third kappa shape index (κ3) is 8.52. The van der Waals surface area contributed by atoms with Crippen LogP contribution in [-0.4, -0.2) is 134 Å². The largest absolute Gasteiger partial charge is 0.463 e. The number of rotatable bonds is 8. The SMILES string of the molecule is CO[C@]1(C)C[C@@H](C)CN(C)[C@](C)(CC2CC(N(C)C(C)C)C2)COC(=O)C(C)(C)C(=O)[C@H](C)[C@H]1O[C@@H]1O[C@H](C)C[C@H](N(C)C)[C@H]1O. The molecular formula is C36H67N3O7. The van der Waals surface area contributed by atoms with E-state index in [2.05, 4.69) is 51.6 Å². The molecule has 3 rings (SSSR count). The van der Waals surface area contributed by atoms with Crippen molar-refractivity contribution in [3.63, 3.8) is 0 Å². The highest BCUT2D eigenvalue weighted by Gasteiger charge is 2.52. The lowest BCUT2D eigenvalue weighted by molar-refractivity contribution is -0.295. The molecule has 0 aromatic heterocycles. The van der Waals surface area contributed by atoms with Crippen molar-refractivity contribution in [3.8, 4) is 0 Å². The number of Topliss-reactive ketones (excluding diaryl/α,β-unsaturated/α-hetero) is 1. The molecule has 46 heavy (non-hydrogen) atoms. The number of likely N-dealkylation sites (N-methyl/N-ethyl adjacent to an activating group) is 2. The van der Waals surface area contributed by atoms with Crippen molar-refractivity contribution in [2.45, 2.75) is 148 Å². The first-order valence-corrected chi connectivity index (χ1v) is 17.5. The van der Waals surface area contributed by atoms with Crippen molar-refractivity contribution < 1.29 is 33.6 Å². The zero-order chi connectivity index (χ0) is 34.9. The van der Waals surface area contributed by atoms with Gasteiger partial charge in [-0.3, -0.25) is 14.5 Å². The minimum atomic E-state index is -1.41. The summed E-state index contributed by atoms with van der Waals surface area (Å²) in [5, 5.41) is 11.3. The van der Waals surface area contributed by atoms with Crippen LogP contribution < -0.4 is 0 Å². The fourth-order valence-electron chi connectivity index (χ4n) is 8.13. The van der Waals surface area contributed by atoms with E-state index in [1.54, 1.807) is 27.9 Å². The van der Waals surface area contributed by atoms with Crippen molar-refractivity contribution in [3.05, 3.63) is 0 Å². The topological polar surface area (TPSA) is 101 Å². The minimum Gasteiger partial charge on any atom is -0.463 e. The molecule has 0 unspecified atom stereocenters. The molecule has 0 aromatic rings. The average molecular weight is 654 g/mol. The summed E-state index contributed by atoms with van der Waals surface area (Å²) in [5.74, 6) is -0.876. The Morgan fingerprint density at radius 2 is 1.65 bits per heavy atom. The van der Waals surface area contributed by atoms with Gasteiger partial charge in [0.25, 0.3) is 0 Å². The number of carbonyl (C=O) groups is 2. The zero-order valence-corrected chi connectivity index (χ0v) is 31.5. The van der Waals surface area contributed by atoms with Crippen LogP contribution in [-0.2, 0) is 28.5 Å². The predicted octanol–water partition coefficient (Wildman–Crippen LogP) is 4.22. The zero-order valence-electron chi connectivity index (χ0n) is 31.5. The third-order valence-corrected chi connectivity index (χ3v) is 11.7. The molecule has 1 N–H and O–H groups in total. The minimum absolute atomic E-state index is 0.149. The van der Waals surface area contributed by atoms with Crippen LogP contribution in [0, 0.1) is 23.2 Å². The highest BCUT2D eigenvalue weighted by Crippen LogP contribution is 2.42. The Balaban J connectivity index is 1.94. The molecule has 2 aliphatic heterocycles. The summed E-state index contributed by atoms with van der Waals surface area (Å²) >= 11 is 0. The number of hydrogen-bond acceptors (Lipinski definition) is 10. The Morgan fingerprint density at radius 1 is 1.04 bits per heavy atom. The van der Waals surface area contributed by atoms with Gasteiger partial charge in [0, 0.05) is 37.7 Å². The van der Waals surface area contributed by atoms with Gasteiger partial charge in [0.15, 0.2) is 12.1 Å². The van der Waals surface area contributed by atoms with Crippen molar-refractivity contribution in [2.75, 3.05) is 48.5 Å². The molecule has 0 bridgehead atoms. The average Bonchev–Trinajstić information content (AvgIpc) is 2.95. The van der Waals surface area contributed by atoms with Crippen LogP contribution >= 0.6 is 0 Å². The van der Waals surface area contributed by atoms with E-state index in [1.165, 1.54) is 0 Å². The molecule has 1 saturated carbocycles. The summed E-state index contributed by atoms with van der Waals surface area (Å²) in [6, 6.07) is 0.916. The second kappa shape index (κ2) is 15.2. The van der Waals surface area contributed by atoms with Crippen LogP contribution in [0.5, 0.6) is 0 Å². The van der Waals surface area contributed by atoms with Gasteiger partial charge in [-0.1, -0.05) is 13.8 Å². The van der Waals surface area contributed by atoms with Gasteiger partial charge in [0.05, 0.1) is 23.3 Å². The maximum Gasteiger partial charge on any atom is 0.319 e. The van der Waals surface area contributed by atoms with E-state index in [1.807, 2.05) is 32.8 Å². The highest BCUT2D eigenvalue weighted by molar-refractivity contribution is 6.04. The van der Waals surface area contributed by atoms with Gasteiger partial charge in [0.1, 0.15) is 18.1 Å². The van der Waals surface area contributed by atoms with Gasteiger partial charge in [-0.15, -0.1) is 0 Å². The van der Waals surface area contributed by atoms with E-state index in [4.69, 9.17) is 18.9 Å². The van der Waals surface area contributed by atoms with E-state index < -0.39 is 46.9 Å². The summed E-state index contributed by atoms with van der Waals surface area (Å²) in [6.45, 7) is 18.8. The summed E-state index contributed by atoms with van der Waals surface area (Å²) < 4.78 is 25.2. The number of carbonyl (C=O) groups excluding carboxylic acids is 2. The molecule has 1 aliphatic carbocycles. The summed E-state index contributed by atoms with van der Waals surface area (Å²) in [7, 11) is 9.83. The van der Waals surface area contributed by atoms with Crippen molar-refractivity contribution >= 4 is 11.8 Å². The number of nitrogens with zero attached hydrogens (tertiary/aromatic N) is 3. The Labute approximate surface area is 279 Å². The highest BCUT2D eigenvalue weighted by atomic mass is 16.7. The van der Waals surface area contributed by atoms with E-state index >= 15 is 0 Å². The van der Waals surface area contributed by atoms with E-state index in [0.717, 1.165) is 25.8 Å². The van der Waals surface area contributed by atoms with Gasteiger partial charge in [-0.25, -0.2) is 0 Å². The maximum absolute atomic E-state index is 14.3. The lowest BCUT2D eigenvalue weighted by Gasteiger charge is -2.49. The first kappa shape index (κ1) is 39.3. The number of aliphatic hydroxyl groups excluding tert-OH is 1. The molecule has 2 heterocycles. The smallest absolute Gasteiger partial charge is 0.319 e. The number of esters is 1. The van der Waals surface area contributed by atoms with E-state index in [0.29, 0.717) is 30.8 Å². The molecular weight excluding hydrogens is 586 g/mol. The van der Waals surface area contributed by atoms with Gasteiger partial charge < -0.3 is 33.9 Å². The van der Waals surface area contributed by atoms with Gasteiger partial charge >= 0.3 is 5.97 Å². The lowest BCUT2D eigenvalue weighted by atomic mass is 9.72. The number of aliphatic hydroxyl groups is 1. The van der Waals surface area contributed by atoms with Gasteiger partial charge in [0.2, 0.25) is 0 Å². The molecule has 10 heteroatoms. The molecule has 2 saturated heterocycles. The van der Waals surface area contributed by atoms with E-state index in [9.17, 15) is 14.7 Å². The molecule has 3 fully saturated rings. The first-order valence-electron chi connectivity index (χ1n) is 17.5. The molecule has 3 aliphatic rings. The molecule has 0 aromatic carbocycles. The molecule has 9 atom stereocenters. The summed E-state index contributed by atoms with van der Waals surface area (Å²) in [6.07, 6.45) is 1.60. The molecule has 0 spiro atoms. The van der Waals surface area contributed by atoms with Crippen molar-refractivity contribution in [1.82, 2.24) is 14.7 Å². The molecule has 0 radical (unpaired) electrons. The predicted molar refractivity (Wildman–Crippen MR) is 180 cm³/mol. The number of ether oxygens (including phenoxy) is 4. The van der Waals surface area contributed by atoms with Crippen LogP contribution in [0.15, 0.2) is 0 Å². The lowest BCUT2D eigenvalue weighted by Crippen LogP contribution is -2.59. The monoisotopic (exact) mass is 653 g/mol. The molecule has 268 valence electrons. The fourth-order valence-corrected chi connectivity index (χ4v) is 8.13. The van der Waals surface area contributed by atoms with Crippen molar-refractivity contribution in [1.29, 1.82) is 0 Å². The number of ketones is 1. The Morgan fingerprint density at radius 3 is 2.20 bits per heavy atom. The van der Waals surface area contributed by atoms with Crippen LogP contribution in [0.1, 0.15) is 94.4 Å². The number of hydrogen-bond donors (Lipinski definition) is 1. The summed E-state index contributed by atoms with van der Waals surface area (Å²) in [4.78, 5) is 34.8. The normalized spacial score (nSPS) is 41.9. The second-order valence-corrected chi connectivity index (χ2v) is 16.6. The molecule has 10 nitrogen and oxygen atoms in total. The standard InChI is InChI=1S/C36H67N3O7/c1-22(2)39(13)27-16-26(17-27)19-35(8)21-44-33(42)34(6,7)30(41)25(5)31(36(9,43-14)18-23(3)20-38(35)12)46-32-29(40)28(37(10)11)15-24(4)45-32/h22-29,31-32,40H,15-21H2,1-14H3/t23-,24-,25+,26?,27?,28+,29-,31-,32+,35-,36-/m1/s1.